The first-order chi connectivity index (χ1) is 14.0. The molecule has 0 N–H and O–H groups in total. The van der Waals surface area contributed by atoms with E-state index in [9.17, 15) is 0 Å². The van der Waals surface area contributed by atoms with Gasteiger partial charge in [-0.3, -0.25) is 4.98 Å². The Bertz CT molecular complexity index is 1030. The smallest absolute Gasteiger partial charge is 0.230 e. The van der Waals surface area contributed by atoms with Gasteiger partial charge in [0.05, 0.1) is 5.52 Å². The fourth-order valence-corrected chi connectivity index (χ4v) is 3.80. The molecular formula is C24H29ClN2O3. The summed E-state index contributed by atoms with van der Waals surface area (Å²) in [5.41, 5.74) is 5.66. The lowest BCUT2D eigenvalue weighted by molar-refractivity contribution is 0.0559. The maximum absolute atomic E-state index is 6.57. The van der Waals surface area contributed by atoms with Crippen LogP contribution in [0.4, 0.5) is 0 Å². The van der Waals surface area contributed by atoms with Crippen molar-refractivity contribution in [2.45, 2.75) is 46.8 Å². The molecule has 5 nitrogen and oxygen atoms in total. The SMILES string of the molecule is Cc1c(C)n(CC(C)C)c2c(OC(Cc3ccccc3)C3=COCO3)ccnc12.Cl. The van der Waals surface area contributed by atoms with Gasteiger partial charge in [-0.05, 0) is 30.9 Å². The zero-order valence-electron chi connectivity index (χ0n) is 17.9. The monoisotopic (exact) mass is 428 g/mol. The molecule has 1 unspecified atom stereocenters. The van der Waals surface area contributed by atoms with E-state index in [0.717, 1.165) is 23.3 Å². The van der Waals surface area contributed by atoms with Gasteiger partial charge in [-0.1, -0.05) is 44.2 Å². The number of rotatable bonds is 7. The minimum absolute atomic E-state index is 0. The summed E-state index contributed by atoms with van der Waals surface area (Å²) in [5.74, 6) is 2.06. The molecule has 1 atom stereocenters. The van der Waals surface area contributed by atoms with Gasteiger partial charge in [-0.25, -0.2) is 0 Å². The van der Waals surface area contributed by atoms with E-state index in [1.165, 1.54) is 16.8 Å². The molecule has 0 bridgehead atoms. The molecule has 3 heterocycles. The lowest BCUT2D eigenvalue weighted by Gasteiger charge is -2.21. The van der Waals surface area contributed by atoms with E-state index in [1.807, 2.05) is 30.5 Å². The molecule has 0 saturated heterocycles. The summed E-state index contributed by atoms with van der Waals surface area (Å²) in [7, 11) is 0. The Balaban J connectivity index is 0.00000256. The van der Waals surface area contributed by atoms with E-state index < -0.39 is 0 Å². The second-order valence-electron chi connectivity index (χ2n) is 7.97. The van der Waals surface area contributed by atoms with Crippen LogP contribution >= 0.6 is 12.4 Å². The fourth-order valence-electron chi connectivity index (χ4n) is 3.80. The number of fused-ring (bicyclic) bond motifs is 1. The predicted octanol–water partition coefficient (Wildman–Crippen LogP) is 5.57. The zero-order chi connectivity index (χ0) is 20.4. The fraction of sp³-hybridized carbons (Fsp3) is 0.375. The molecule has 1 aromatic carbocycles. The molecule has 2 aromatic heterocycles. The van der Waals surface area contributed by atoms with Crippen molar-refractivity contribution in [3.63, 3.8) is 0 Å². The summed E-state index contributed by atoms with van der Waals surface area (Å²) in [6, 6.07) is 12.3. The molecule has 0 saturated carbocycles. The van der Waals surface area contributed by atoms with Crippen LogP contribution < -0.4 is 4.74 Å². The van der Waals surface area contributed by atoms with Crippen LogP contribution in [0.3, 0.4) is 0 Å². The molecule has 0 fully saturated rings. The Hall–Kier alpha value is -2.66. The summed E-state index contributed by atoms with van der Waals surface area (Å²) in [6.45, 7) is 9.89. The summed E-state index contributed by atoms with van der Waals surface area (Å²) in [5, 5.41) is 0. The molecule has 3 aromatic rings. The molecule has 1 aliphatic heterocycles. The second-order valence-corrected chi connectivity index (χ2v) is 7.97. The number of aryl methyl sites for hydroxylation is 1. The number of aromatic nitrogens is 2. The Morgan fingerprint density at radius 1 is 1.13 bits per heavy atom. The average molecular weight is 429 g/mol. The molecule has 0 spiro atoms. The quantitative estimate of drug-likeness (QED) is 0.493. The van der Waals surface area contributed by atoms with Crippen molar-refractivity contribution in [3.8, 4) is 5.75 Å². The second kappa shape index (κ2) is 9.43. The highest BCUT2D eigenvalue weighted by molar-refractivity contribution is 5.86. The van der Waals surface area contributed by atoms with Gasteiger partial charge in [-0.2, -0.15) is 0 Å². The van der Waals surface area contributed by atoms with Crippen molar-refractivity contribution in [1.82, 2.24) is 9.55 Å². The van der Waals surface area contributed by atoms with Crippen LogP contribution in [0.2, 0.25) is 0 Å². The van der Waals surface area contributed by atoms with Gasteiger partial charge in [0.2, 0.25) is 6.79 Å². The van der Waals surface area contributed by atoms with Gasteiger partial charge in [0, 0.05) is 30.9 Å². The average Bonchev–Trinajstić information content (AvgIpc) is 3.33. The van der Waals surface area contributed by atoms with Gasteiger partial charge in [-0.15, -0.1) is 12.4 Å². The molecule has 6 heteroatoms. The largest absolute Gasteiger partial charge is 0.480 e. The number of nitrogens with zero attached hydrogens (tertiary/aromatic N) is 2. The predicted molar refractivity (Wildman–Crippen MR) is 121 cm³/mol. The third kappa shape index (κ3) is 4.41. The highest BCUT2D eigenvalue weighted by Gasteiger charge is 2.25. The van der Waals surface area contributed by atoms with Crippen LogP contribution in [0.1, 0.15) is 30.7 Å². The van der Waals surface area contributed by atoms with Crippen LogP contribution in [0.15, 0.2) is 54.6 Å². The molecule has 0 radical (unpaired) electrons. The lowest BCUT2D eigenvalue weighted by Crippen LogP contribution is -2.23. The molecule has 160 valence electrons. The van der Waals surface area contributed by atoms with Gasteiger partial charge in [0.15, 0.2) is 11.9 Å². The lowest BCUT2D eigenvalue weighted by atomic mass is 10.1. The number of pyridine rings is 1. The molecular weight excluding hydrogens is 400 g/mol. The third-order valence-corrected chi connectivity index (χ3v) is 5.35. The Morgan fingerprint density at radius 3 is 2.57 bits per heavy atom. The van der Waals surface area contributed by atoms with Crippen molar-refractivity contribution in [1.29, 1.82) is 0 Å². The summed E-state index contributed by atoms with van der Waals surface area (Å²) >= 11 is 0. The number of hydrogen-bond donors (Lipinski definition) is 0. The Labute approximate surface area is 184 Å². The van der Waals surface area contributed by atoms with E-state index in [2.05, 4.69) is 49.4 Å². The van der Waals surface area contributed by atoms with Crippen molar-refractivity contribution < 1.29 is 14.2 Å². The van der Waals surface area contributed by atoms with E-state index in [-0.39, 0.29) is 25.3 Å². The van der Waals surface area contributed by atoms with Crippen LogP contribution in [0.25, 0.3) is 11.0 Å². The first-order valence-corrected chi connectivity index (χ1v) is 10.1. The highest BCUT2D eigenvalue weighted by Crippen LogP contribution is 2.33. The van der Waals surface area contributed by atoms with Crippen LogP contribution in [0.5, 0.6) is 5.75 Å². The summed E-state index contributed by atoms with van der Waals surface area (Å²) in [6.07, 6.45) is 3.91. The first-order valence-electron chi connectivity index (χ1n) is 10.1. The zero-order valence-corrected chi connectivity index (χ0v) is 18.7. The van der Waals surface area contributed by atoms with Crippen LogP contribution in [-0.4, -0.2) is 22.4 Å². The van der Waals surface area contributed by atoms with E-state index >= 15 is 0 Å². The number of ether oxygens (including phenoxy) is 3. The molecule has 0 amide bonds. The normalized spacial score (nSPS) is 14.1. The van der Waals surface area contributed by atoms with Crippen molar-refractivity contribution in [3.05, 3.63) is 71.4 Å². The maximum atomic E-state index is 6.57. The van der Waals surface area contributed by atoms with Crippen LogP contribution in [0, 0.1) is 19.8 Å². The minimum Gasteiger partial charge on any atom is -0.480 e. The van der Waals surface area contributed by atoms with E-state index in [4.69, 9.17) is 14.2 Å². The van der Waals surface area contributed by atoms with Gasteiger partial charge in [0.1, 0.15) is 17.5 Å². The molecule has 4 rings (SSSR count). The Morgan fingerprint density at radius 2 is 1.90 bits per heavy atom. The van der Waals surface area contributed by atoms with E-state index in [1.54, 1.807) is 6.26 Å². The highest BCUT2D eigenvalue weighted by atomic mass is 35.5. The van der Waals surface area contributed by atoms with Gasteiger partial charge in [0.25, 0.3) is 0 Å². The first kappa shape index (κ1) is 22.0. The van der Waals surface area contributed by atoms with Gasteiger partial charge < -0.3 is 18.8 Å². The Kier molecular flexibility index (Phi) is 6.93. The van der Waals surface area contributed by atoms with Crippen molar-refractivity contribution in [2.75, 3.05) is 6.79 Å². The van der Waals surface area contributed by atoms with Crippen LogP contribution in [-0.2, 0) is 22.4 Å². The number of halogens is 1. The molecule has 0 aliphatic carbocycles. The summed E-state index contributed by atoms with van der Waals surface area (Å²) in [4.78, 5) is 4.65. The van der Waals surface area contributed by atoms with Crippen molar-refractivity contribution >= 4 is 23.4 Å². The van der Waals surface area contributed by atoms with E-state index in [0.29, 0.717) is 18.1 Å². The third-order valence-electron chi connectivity index (χ3n) is 5.35. The number of benzene rings is 1. The minimum atomic E-state index is -0.270. The van der Waals surface area contributed by atoms with Gasteiger partial charge >= 0.3 is 0 Å². The topological polar surface area (TPSA) is 45.5 Å². The van der Waals surface area contributed by atoms with Crippen molar-refractivity contribution in [2.24, 2.45) is 5.92 Å². The summed E-state index contributed by atoms with van der Waals surface area (Å²) < 4.78 is 19.9. The molecule has 30 heavy (non-hydrogen) atoms. The standard InChI is InChI=1S/C24H28N2O3.ClH/c1-16(2)13-26-18(4)17(3)23-24(26)20(10-11-25-23)29-21(22-14-27-15-28-22)12-19-8-6-5-7-9-19;/h5-11,14,16,21H,12-13,15H2,1-4H3;1H. The molecule has 1 aliphatic rings. The maximum Gasteiger partial charge on any atom is 0.230 e. The number of hydrogen-bond acceptors (Lipinski definition) is 4.